The van der Waals surface area contributed by atoms with E-state index in [1.807, 2.05) is 31.2 Å². The molecule has 0 fully saturated rings. The molecule has 2 atom stereocenters. The van der Waals surface area contributed by atoms with E-state index in [-0.39, 0.29) is 6.04 Å². The van der Waals surface area contributed by atoms with E-state index in [0.717, 1.165) is 5.56 Å². The maximum atomic E-state index is 10.2. The van der Waals surface area contributed by atoms with Crippen LogP contribution in [0.1, 0.15) is 24.1 Å². The topological polar surface area (TPSA) is 67.3 Å². The first-order valence-electron chi connectivity index (χ1n) is 6.75. The third kappa shape index (κ3) is 2.44. The standard InChI is InChI=1S/C15H17N3O2/c1-2-20-14-9-16-8-13(17-14)18-15-11-6-4-3-5-10(11)7-12(15)19/h3-6,8-9,12,15,19H,2,7H2,1H3,(H,17,18)/t12-,15+/m1/s1. The number of hydrogen-bond acceptors (Lipinski definition) is 5. The summed E-state index contributed by atoms with van der Waals surface area (Å²) in [7, 11) is 0. The number of hydrogen-bond donors (Lipinski definition) is 2. The fourth-order valence-corrected chi connectivity index (χ4v) is 2.54. The summed E-state index contributed by atoms with van der Waals surface area (Å²) in [6.07, 6.45) is 3.42. The van der Waals surface area contributed by atoms with Crippen LogP contribution in [0.25, 0.3) is 0 Å². The lowest BCUT2D eigenvalue weighted by molar-refractivity contribution is 0.165. The van der Waals surface area contributed by atoms with Crippen molar-refractivity contribution in [3.63, 3.8) is 0 Å². The predicted molar refractivity (Wildman–Crippen MR) is 75.7 cm³/mol. The average Bonchev–Trinajstić information content (AvgIpc) is 2.76. The summed E-state index contributed by atoms with van der Waals surface area (Å²) in [6.45, 7) is 2.45. The van der Waals surface area contributed by atoms with Crippen LogP contribution in [0.2, 0.25) is 0 Å². The summed E-state index contributed by atoms with van der Waals surface area (Å²) in [4.78, 5) is 8.42. The molecule has 0 saturated heterocycles. The molecule has 20 heavy (non-hydrogen) atoms. The normalized spacial score (nSPS) is 20.5. The summed E-state index contributed by atoms with van der Waals surface area (Å²) < 4.78 is 5.33. The highest BCUT2D eigenvalue weighted by Gasteiger charge is 2.30. The first-order valence-corrected chi connectivity index (χ1v) is 6.75. The van der Waals surface area contributed by atoms with Gasteiger partial charge in [0, 0.05) is 6.42 Å². The zero-order chi connectivity index (χ0) is 13.9. The Morgan fingerprint density at radius 2 is 2.20 bits per heavy atom. The van der Waals surface area contributed by atoms with Crippen LogP contribution in [-0.4, -0.2) is 27.8 Å². The smallest absolute Gasteiger partial charge is 0.234 e. The van der Waals surface area contributed by atoms with Crippen molar-refractivity contribution < 1.29 is 9.84 Å². The van der Waals surface area contributed by atoms with Crippen molar-refractivity contribution in [3.8, 4) is 5.88 Å². The highest BCUT2D eigenvalue weighted by molar-refractivity contribution is 5.44. The molecule has 2 aromatic rings. The maximum Gasteiger partial charge on any atom is 0.234 e. The molecule has 1 heterocycles. The predicted octanol–water partition coefficient (Wildman–Crippen LogP) is 1.95. The molecular formula is C15H17N3O2. The molecule has 1 aromatic heterocycles. The molecular weight excluding hydrogens is 254 g/mol. The summed E-state index contributed by atoms with van der Waals surface area (Å²) in [6, 6.07) is 7.89. The van der Waals surface area contributed by atoms with E-state index in [0.29, 0.717) is 24.7 Å². The van der Waals surface area contributed by atoms with Crippen LogP contribution in [0.15, 0.2) is 36.7 Å². The number of anilines is 1. The van der Waals surface area contributed by atoms with Gasteiger partial charge in [0.05, 0.1) is 31.1 Å². The number of rotatable bonds is 4. The molecule has 0 unspecified atom stereocenters. The van der Waals surface area contributed by atoms with Crippen molar-refractivity contribution in [2.75, 3.05) is 11.9 Å². The third-order valence-corrected chi connectivity index (χ3v) is 3.41. The van der Waals surface area contributed by atoms with Crippen LogP contribution in [0, 0.1) is 0 Å². The van der Waals surface area contributed by atoms with Crippen LogP contribution >= 0.6 is 0 Å². The Morgan fingerprint density at radius 3 is 3.05 bits per heavy atom. The Hall–Kier alpha value is -2.14. The monoisotopic (exact) mass is 271 g/mol. The molecule has 0 saturated carbocycles. The van der Waals surface area contributed by atoms with Gasteiger partial charge in [0.2, 0.25) is 5.88 Å². The number of fused-ring (bicyclic) bond motifs is 1. The third-order valence-electron chi connectivity index (χ3n) is 3.41. The zero-order valence-corrected chi connectivity index (χ0v) is 11.3. The van der Waals surface area contributed by atoms with E-state index in [2.05, 4.69) is 15.3 Å². The first-order chi connectivity index (χ1) is 9.78. The summed E-state index contributed by atoms with van der Waals surface area (Å²) >= 11 is 0. The lowest BCUT2D eigenvalue weighted by Crippen LogP contribution is -2.21. The minimum Gasteiger partial charge on any atom is -0.477 e. The molecule has 0 radical (unpaired) electrons. The van der Waals surface area contributed by atoms with Crippen LogP contribution < -0.4 is 10.1 Å². The van der Waals surface area contributed by atoms with Gasteiger partial charge in [0.1, 0.15) is 5.82 Å². The zero-order valence-electron chi connectivity index (χ0n) is 11.3. The van der Waals surface area contributed by atoms with Crippen molar-refractivity contribution in [1.82, 2.24) is 9.97 Å². The van der Waals surface area contributed by atoms with Gasteiger partial charge in [-0.25, -0.2) is 0 Å². The van der Waals surface area contributed by atoms with Gasteiger partial charge in [0.15, 0.2) is 0 Å². The number of ether oxygens (including phenoxy) is 1. The molecule has 0 bridgehead atoms. The molecule has 1 aliphatic rings. The van der Waals surface area contributed by atoms with Gasteiger partial charge in [-0.05, 0) is 18.1 Å². The van der Waals surface area contributed by atoms with E-state index in [1.165, 1.54) is 5.56 Å². The van der Waals surface area contributed by atoms with Gasteiger partial charge in [0.25, 0.3) is 0 Å². The molecule has 1 aromatic carbocycles. The van der Waals surface area contributed by atoms with Crippen molar-refractivity contribution >= 4 is 5.82 Å². The minimum atomic E-state index is -0.454. The second-order valence-electron chi connectivity index (χ2n) is 4.77. The maximum absolute atomic E-state index is 10.2. The number of aliphatic hydroxyl groups is 1. The van der Waals surface area contributed by atoms with E-state index >= 15 is 0 Å². The highest BCUT2D eigenvalue weighted by Crippen LogP contribution is 2.33. The van der Waals surface area contributed by atoms with Gasteiger partial charge in [-0.15, -0.1) is 0 Å². The average molecular weight is 271 g/mol. The van der Waals surface area contributed by atoms with Crippen molar-refractivity contribution in [2.24, 2.45) is 0 Å². The number of nitrogens with zero attached hydrogens (tertiary/aromatic N) is 2. The molecule has 0 aliphatic heterocycles. The lowest BCUT2D eigenvalue weighted by Gasteiger charge is -2.18. The summed E-state index contributed by atoms with van der Waals surface area (Å²) in [5, 5.41) is 13.4. The molecule has 5 heteroatoms. The quantitative estimate of drug-likeness (QED) is 0.889. The van der Waals surface area contributed by atoms with Crippen LogP contribution in [0.4, 0.5) is 5.82 Å². The molecule has 1 aliphatic carbocycles. The van der Waals surface area contributed by atoms with Gasteiger partial charge in [-0.1, -0.05) is 24.3 Å². The lowest BCUT2D eigenvalue weighted by atomic mass is 10.1. The van der Waals surface area contributed by atoms with Gasteiger partial charge in [-0.3, -0.25) is 4.98 Å². The minimum absolute atomic E-state index is 0.155. The number of nitrogens with one attached hydrogen (secondary N) is 1. The second-order valence-corrected chi connectivity index (χ2v) is 4.77. The summed E-state index contributed by atoms with van der Waals surface area (Å²) in [5.74, 6) is 1.09. The van der Waals surface area contributed by atoms with Gasteiger partial charge in [-0.2, -0.15) is 4.98 Å². The van der Waals surface area contributed by atoms with Crippen molar-refractivity contribution in [3.05, 3.63) is 47.8 Å². The summed E-state index contributed by atoms with van der Waals surface area (Å²) in [5.41, 5.74) is 2.29. The Balaban J connectivity index is 1.82. The van der Waals surface area contributed by atoms with E-state index in [9.17, 15) is 5.11 Å². The number of aromatic nitrogens is 2. The van der Waals surface area contributed by atoms with Crippen LogP contribution in [0.5, 0.6) is 5.88 Å². The number of benzene rings is 1. The Bertz CT molecular complexity index is 603. The molecule has 0 spiro atoms. The molecule has 104 valence electrons. The fourth-order valence-electron chi connectivity index (χ4n) is 2.54. The Kier molecular flexibility index (Phi) is 3.52. The molecule has 0 amide bonds. The Morgan fingerprint density at radius 1 is 1.35 bits per heavy atom. The first kappa shape index (κ1) is 12.9. The van der Waals surface area contributed by atoms with Gasteiger partial charge < -0.3 is 15.2 Å². The number of aliphatic hydroxyl groups excluding tert-OH is 1. The van der Waals surface area contributed by atoms with Crippen LogP contribution in [0.3, 0.4) is 0 Å². The van der Waals surface area contributed by atoms with Crippen molar-refractivity contribution in [1.29, 1.82) is 0 Å². The fraction of sp³-hybridized carbons (Fsp3) is 0.333. The van der Waals surface area contributed by atoms with E-state index in [1.54, 1.807) is 12.4 Å². The molecule has 3 rings (SSSR count). The van der Waals surface area contributed by atoms with E-state index in [4.69, 9.17) is 4.74 Å². The molecule has 5 nitrogen and oxygen atoms in total. The second kappa shape index (κ2) is 5.46. The van der Waals surface area contributed by atoms with Gasteiger partial charge >= 0.3 is 0 Å². The highest BCUT2D eigenvalue weighted by atomic mass is 16.5. The molecule has 2 N–H and O–H groups in total. The Labute approximate surface area is 117 Å². The van der Waals surface area contributed by atoms with Crippen molar-refractivity contribution in [2.45, 2.75) is 25.5 Å². The largest absolute Gasteiger partial charge is 0.477 e. The van der Waals surface area contributed by atoms with Crippen LogP contribution in [-0.2, 0) is 6.42 Å². The van der Waals surface area contributed by atoms with E-state index < -0.39 is 6.10 Å². The SMILES string of the molecule is CCOc1cncc(N[C@H]2c3ccccc3C[C@H]2O)n1.